The van der Waals surface area contributed by atoms with Crippen LogP contribution in [0.3, 0.4) is 0 Å². The molecule has 4 heteroatoms. The summed E-state index contributed by atoms with van der Waals surface area (Å²) >= 11 is 0. The third-order valence-electron chi connectivity index (χ3n) is 4.34. The van der Waals surface area contributed by atoms with Crippen LogP contribution in [0.15, 0.2) is 30.5 Å². The Hall–Kier alpha value is -2.10. The van der Waals surface area contributed by atoms with Crippen LogP contribution in [0.4, 0.5) is 0 Å². The Morgan fingerprint density at radius 1 is 1.38 bits per heavy atom. The topological polar surface area (TPSA) is 49.4 Å². The number of nitrogens with zero attached hydrogens (tertiary/aromatic N) is 1. The molecule has 1 fully saturated rings. The van der Waals surface area contributed by atoms with E-state index in [-0.39, 0.29) is 17.9 Å². The molecule has 1 atom stereocenters. The number of hydrogen-bond acceptors (Lipinski definition) is 2. The number of rotatable bonds is 3. The molecule has 0 bridgehead atoms. The van der Waals surface area contributed by atoms with Crippen molar-refractivity contribution in [3.63, 3.8) is 0 Å². The minimum absolute atomic E-state index is 0.00733. The van der Waals surface area contributed by atoms with Gasteiger partial charge in [0.15, 0.2) is 0 Å². The fourth-order valence-corrected chi connectivity index (χ4v) is 3.28. The van der Waals surface area contributed by atoms with E-state index in [1.807, 2.05) is 17.0 Å². The molecule has 1 aromatic rings. The summed E-state index contributed by atoms with van der Waals surface area (Å²) in [6.45, 7) is 6.69. The maximum atomic E-state index is 12.7. The summed E-state index contributed by atoms with van der Waals surface area (Å²) in [5.74, 6) is 0.0531. The van der Waals surface area contributed by atoms with Crippen molar-refractivity contribution in [1.82, 2.24) is 10.2 Å². The molecule has 2 aliphatic heterocycles. The van der Waals surface area contributed by atoms with Crippen molar-refractivity contribution in [2.24, 2.45) is 0 Å². The highest BCUT2D eigenvalue weighted by molar-refractivity contribution is 5.99. The van der Waals surface area contributed by atoms with Gasteiger partial charge in [0.2, 0.25) is 5.91 Å². The fourth-order valence-electron chi connectivity index (χ4n) is 3.28. The van der Waals surface area contributed by atoms with Crippen molar-refractivity contribution in [1.29, 1.82) is 0 Å². The van der Waals surface area contributed by atoms with Crippen LogP contribution in [0.25, 0.3) is 0 Å². The molecule has 1 aromatic carbocycles. The van der Waals surface area contributed by atoms with Crippen molar-refractivity contribution in [2.45, 2.75) is 45.2 Å². The Morgan fingerprint density at radius 3 is 2.90 bits per heavy atom. The van der Waals surface area contributed by atoms with Crippen molar-refractivity contribution in [3.05, 3.63) is 47.2 Å². The lowest BCUT2D eigenvalue weighted by Crippen LogP contribution is -2.45. The summed E-state index contributed by atoms with van der Waals surface area (Å²) in [6.07, 6.45) is 3.17. The van der Waals surface area contributed by atoms with E-state index in [1.165, 1.54) is 5.56 Å². The first-order valence-electron chi connectivity index (χ1n) is 7.52. The van der Waals surface area contributed by atoms with Crippen molar-refractivity contribution in [2.75, 3.05) is 0 Å². The van der Waals surface area contributed by atoms with E-state index in [9.17, 15) is 9.59 Å². The van der Waals surface area contributed by atoms with E-state index in [1.54, 1.807) is 0 Å². The average Bonchev–Trinajstić information content (AvgIpc) is 2.78. The van der Waals surface area contributed by atoms with Crippen LogP contribution in [0, 0.1) is 0 Å². The van der Waals surface area contributed by atoms with Gasteiger partial charge in [0, 0.05) is 24.2 Å². The SMILES string of the molecule is C=C1NC(=O)CCC1N1Cc2c(CCC)cccc2C1=O. The molecule has 4 nitrogen and oxygen atoms in total. The zero-order valence-electron chi connectivity index (χ0n) is 12.3. The Labute approximate surface area is 124 Å². The molecular formula is C17H20N2O2. The van der Waals surface area contributed by atoms with E-state index >= 15 is 0 Å². The second-order valence-corrected chi connectivity index (χ2v) is 5.75. The Bertz CT molecular complexity index is 621. The monoisotopic (exact) mass is 284 g/mol. The molecule has 110 valence electrons. The number of benzene rings is 1. The van der Waals surface area contributed by atoms with Gasteiger partial charge in [-0.1, -0.05) is 32.1 Å². The van der Waals surface area contributed by atoms with E-state index in [0.717, 1.165) is 24.0 Å². The van der Waals surface area contributed by atoms with Crippen molar-refractivity contribution in [3.8, 4) is 0 Å². The lowest BCUT2D eigenvalue weighted by atomic mass is 10.00. The van der Waals surface area contributed by atoms with Crippen molar-refractivity contribution >= 4 is 11.8 Å². The summed E-state index contributed by atoms with van der Waals surface area (Å²) in [5, 5.41) is 2.77. The lowest BCUT2D eigenvalue weighted by Gasteiger charge is -2.32. The number of fused-ring (bicyclic) bond motifs is 1. The van der Waals surface area contributed by atoms with Crippen LogP contribution < -0.4 is 5.32 Å². The number of hydrogen-bond donors (Lipinski definition) is 1. The molecule has 0 spiro atoms. The molecule has 1 saturated heterocycles. The molecule has 1 unspecified atom stereocenters. The van der Waals surface area contributed by atoms with Gasteiger partial charge in [0.1, 0.15) is 0 Å². The molecule has 21 heavy (non-hydrogen) atoms. The van der Waals surface area contributed by atoms with E-state index in [2.05, 4.69) is 24.9 Å². The molecule has 1 N–H and O–H groups in total. The zero-order chi connectivity index (χ0) is 15.0. The predicted octanol–water partition coefficient (Wildman–Crippen LogP) is 2.39. The van der Waals surface area contributed by atoms with Gasteiger partial charge in [-0.25, -0.2) is 0 Å². The number of amides is 2. The number of aryl methyl sites for hydroxylation is 1. The second kappa shape index (κ2) is 5.35. The third kappa shape index (κ3) is 2.35. The maximum Gasteiger partial charge on any atom is 0.255 e. The van der Waals surface area contributed by atoms with Crippen molar-refractivity contribution < 1.29 is 9.59 Å². The van der Waals surface area contributed by atoms with Gasteiger partial charge in [-0.2, -0.15) is 0 Å². The minimum Gasteiger partial charge on any atom is -0.328 e. The Kier molecular flexibility index (Phi) is 3.53. The summed E-state index contributed by atoms with van der Waals surface area (Å²) in [7, 11) is 0. The highest BCUT2D eigenvalue weighted by atomic mass is 16.2. The number of carbonyl (C=O) groups is 2. The first kappa shape index (κ1) is 13.9. The largest absolute Gasteiger partial charge is 0.328 e. The molecule has 2 heterocycles. The number of piperidine rings is 1. The van der Waals surface area contributed by atoms with Gasteiger partial charge in [-0.05, 0) is 30.0 Å². The molecule has 0 radical (unpaired) electrons. The fraction of sp³-hybridized carbons (Fsp3) is 0.412. The third-order valence-corrected chi connectivity index (χ3v) is 4.34. The quantitative estimate of drug-likeness (QED) is 0.926. The Balaban J connectivity index is 1.88. The van der Waals surface area contributed by atoms with Gasteiger partial charge < -0.3 is 10.2 Å². The standard InChI is InChI=1S/C17H20N2O2/c1-3-5-12-6-4-7-13-14(12)10-19(17(13)21)15-8-9-16(20)18-11(15)2/h4,6-7,15H,2-3,5,8-10H2,1H3,(H,18,20). The van der Waals surface area contributed by atoms with Gasteiger partial charge in [0.25, 0.3) is 5.91 Å². The molecule has 0 aromatic heterocycles. The van der Waals surface area contributed by atoms with Crippen LogP contribution in [0.1, 0.15) is 47.7 Å². The summed E-state index contributed by atoms with van der Waals surface area (Å²) in [5.41, 5.74) is 3.86. The highest BCUT2D eigenvalue weighted by Crippen LogP contribution is 2.31. The summed E-state index contributed by atoms with van der Waals surface area (Å²) < 4.78 is 0. The molecule has 0 aliphatic carbocycles. The maximum absolute atomic E-state index is 12.7. The van der Waals surface area contributed by atoms with Crippen LogP contribution >= 0.6 is 0 Å². The first-order valence-corrected chi connectivity index (χ1v) is 7.52. The smallest absolute Gasteiger partial charge is 0.255 e. The molecule has 0 saturated carbocycles. The number of carbonyl (C=O) groups excluding carboxylic acids is 2. The Morgan fingerprint density at radius 2 is 2.19 bits per heavy atom. The first-order chi connectivity index (χ1) is 10.1. The van der Waals surface area contributed by atoms with Gasteiger partial charge in [-0.3, -0.25) is 9.59 Å². The number of nitrogens with one attached hydrogen (secondary N) is 1. The van der Waals surface area contributed by atoms with Crippen LogP contribution in [-0.2, 0) is 17.8 Å². The van der Waals surface area contributed by atoms with Crippen LogP contribution in [0.5, 0.6) is 0 Å². The zero-order valence-corrected chi connectivity index (χ0v) is 12.3. The van der Waals surface area contributed by atoms with Gasteiger partial charge in [-0.15, -0.1) is 0 Å². The minimum atomic E-state index is -0.0860. The molecular weight excluding hydrogens is 264 g/mol. The van der Waals surface area contributed by atoms with Gasteiger partial charge >= 0.3 is 0 Å². The summed E-state index contributed by atoms with van der Waals surface area (Å²) in [6, 6.07) is 5.89. The molecule has 2 amide bonds. The van der Waals surface area contributed by atoms with E-state index in [4.69, 9.17) is 0 Å². The lowest BCUT2D eigenvalue weighted by molar-refractivity contribution is -0.121. The van der Waals surface area contributed by atoms with E-state index < -0.39 is 0 Å². The highest BCUT2D eigenvalue weighted by Gasteiger charge is 2.36. The van der Waals surface area contributed by atoms with E-state index in [0.29, 0.717) is 25.1 Å². The second-order valence-electron chi connectivity index (χ2n) is 5.75. The van der Waals surface area contributed by atoms with Crippen LogP contribution in [-0.4, -0.2) is 22.8 Å². The van der Waals surface area contributed by atoms with Gasteiger partial charge in [0.05, 0.1) is 6.04 Å². The molecule has 2 aliphatic rings. The molecule has 3 rings (SSSR count). The predicted molar refractivity (Wildman–Crippen MR) is 80.6 cm³/mol. The van der Waals surface area contributed by atoms with Crippen LogP contribution in [0.2, 0.25) is 0 Å². The summed E-state index contributed by atoms with van der Waals surface area (Å²) in [4.78, 5) is 25.9. The average molecular weight is 284 g/mol. The normalized spacial score (nSPS) is 21.5.